The van der Waals surface area contributed by atoms with E-state index in [4.69, 9.17) is 4.74 Å². The van der Waals surface area contributed by atoms with E-state index in [2.05, 4.69) is 31.2 Å². The zero-order chi connectivity index (χ0) is 13.1. The Morgan fingerprint density at radius 1 is 1.39 bits per heavy atom. The van der Waals surface area contributed by atoms with Crippen LogP contribution in [0.2, 0.25) is 0 Å². The molecule has 0 saturated heterocycles. The standard InChI is InChI=1S/C12H11BrFN3O/c1-7-3-4-8(5-10(7)14)16-12-15-6-9(13)11(17-12)18-2/h3-6H,1-2H3,(H,15,16,17). The van der Waals surface area contributed by atoms with Gasteiger partial charge in [0.2, 0.25) is 11.8 Å². The van der Waals surface area contributed by atoms with E-state index < -0.39 is 0 Å². The first-order valence-corrected chi connectivity index (χ1v) is 5.99. The second kappa shape index (κ2) is 5.30. The number of nitrogens with one attached hydrogen (secondary N) is 1. The van der Waals surface area contributed by atoms with Crippen molar-refractivity contribution in [3.8, 4) is 5.88 Å². The maximum atomic E-state index is 13.4. The van der Waals surface area contributed by atoms with Crippen molar-refractivity contribution in [2.75, 3.05) is 12.4 Å². The van der Waals surface area contributed by atoms with Crippen LogP contribution in [0.25, 0.3) is 0 Å². The molecule has 1 aromatic heterocycles. The number of anilines is 2. The maximum absolute atomic E-state index is 13.4. The van der Waals surface area contributed by atoms with Gasteiger partial charge in [-0.2, -0.15) is 4.98 Å². The summed E-state index contributed by atoms with van der Waals surface area (Å²) in [6.45, 7) is 1.71. The van der Waals surface area contributed by atoms with Gasteiger partial charge < -0.3 is 10.1 Å². The van der Waals surface area contributed by atoms with Crippen LogP contribution >= 0.6 is 15.9 Å². The lowest BCUT2D eigenvalue weighted by Gasteiger charge is -2.07. The van der Waals surface area contributed by atoms with Crippen molar-refractivity contribution < 1.29 is 9.13 Å². The molecule has 1 N–H and O–H groups in total. The molecule has 0 aliphatic heterocycles. The molecule has 1 aromatic carbocycles. The van der Waals surface area contributed by atoms with Gasteiger partial charge in [-0.25, -0.2) is 9.37 Å². The lowest BCUT2D eigenvalue weighted by atomic mass is 10.2. The van der Waals surface area contributed by atoms with Gasteiger partial charge in [-0.15, -0.1) is 0 Å². The van der Waals surface area contributed by atoms with Crippen molar-refractivity contribution >= 4 is 27.6 Å². The van der Waals surface area contributed by atoms with Gasteiger partial charge in [-0.1, -0.05) is 6.07 Å². The molecule has 94 valence electrons. The summed E-state index contributed by atoms with van der Waals surface area (Å²) < 4.78 is 19.1. The second-order valence-corrected chi connectivity index (χ2v) is 4.49. The normalized spacial score (nSPS) is 10.2. The highest BCUT2D eigenvalue weighted by Gasteiger charge is 2.06. The van der Waals surface area contributed by atoms with Gasteiger partial charge in [0, 0.05) is 5.69 Å². The van der Waals surface area contributed by atoms with Gasteiger partial charge in [0.1, 0.15) is 5.82 Å². The van der Waals surface area contributed by atoms with Gasteiger partial charge >= 0.3 is 0 Å². The summed E-state index contributed by atoms with van der Waals surface area (Å²) in [6.07, 6.45) is 1.57. The number of hydrogen-bond acceptors (Lipinski definition) is 4. The number of aromatic nitrogens is 2. The minimum absolute atomic E-state index is 0.274. The number of methoxy groups -OCH3 is 1. The third-order valence-corrected chi connectivity index (χ3v) is 2.88. The van der Waals surface area contributed by atoms with E-state index in [1.165, 1.54) is 13.2 Å². The summed E-state index contributed by atoms with van der Waals surface area (Å²) in [7, 11) is 1.52. The molecule has 0 bridgehead atoms. The van der Waals surface area contributed by atoms with Gasteiger partial charge in [0.25, 0.3) is 0 Å². The lowest BCUT2D eigenvalue weighted by Crippen LogP contribution is -2.00. The van der Waals surface area contributed by atoms with Gasteiger partial charge in [0.05, 0.1) is 17.8 Å². The molecule has 0 aliphatic rings. The molecule has 0 spiro atoms. The third-order valence-electron chi connectivity index (χ3n) is 2.33. The molecule has 0 saturated carbocycles. The summed E-state index contributed by atoms with van der Waals surface area (Å²) in [6, 6.07) is 4.84. The van der Waals surface area contributed by atoms with E-state index in [1.54, 1.807) is 25.3 Å². The van der Waals surface area contributed by atoms with Crippen LogP contribution in [0.1, 0.15) is 5.56 Å². The monoisotopic (exact) mass is 311 g/mol. The average molecular weight is 312 g/mol. The van der Waals surface area contributed by atoms with Crippen molar-refractivity contribution in [2.45, 2.75) is 6.92 Å². The Morgan fingerprint density at radius 2 is 2.17 bits per heavy atom. The fourth-order valence-electron chi connectivity index (χ4n) is 1.35. The average Bonchev–Trinajstić information content (AvgIpc) is 2.36. The van der Waals surface area contributed by atoms with Crippen LogP contribution in [-0.2, 0) is 0 Å². The van der Waals surface area contributed by atoms with Crippen LogP contribution in [0.4, 0.5) is 16.0 Å². The van der Waals surface area contributed by atoms with Gasteiger partial charge in [0.15, 0.2) is 0 Å². The molecule has 0 unspecified atom stereocenters. The highest BCUT2D eigenvalue weighted by Crippen LogP contribution is 2.23. The van der Waals surface area contributed by atoms with E-state index in [-0.39, 0.29) is 5.82 Å². The summed E-state index contributed by atoms with van der Waals surface area (Å²) in [5.41, 5.74) is 1.18. The molecule has 0 aliphatic carbocycles. The minimum Gasteiger partial charge on any atom is -0.480 e. The Labute approximate surface area is 112 Å². The van der Waals surface area contributed by atoms with Crippen molar-refractivity contribution in [1.29, 1.82) is 0 Å². The zero-order valence-corrected chi connectivity index (χ0v) is 11.5. The highest BCUT2D eigenvalue weighted by molar-refractivity contribution is 9.10. The first-order chi connectivity index (χ1) is 8.60. The summed E-state index contributed by atoms with van der Waals surface area (Å²) in [5.74, 6) is 0.488. The SMILES string of the molecule is COc1nc(Nc2ccc(C)c(F)c2)ncc1Br. The number of aryl methyl sites for hydroxylation is 1. The Kier molecular flexibility index (Phi) is 3.76. The van der Waals surface area contributed by atoms with Crippen LogP contribution < -0.4 is 10.1 Å². The first-order valence-electron chi connectivity index (χ1n) is 5.20. The van der Waals surface area contributed by atoms with Crippen molar-refractivity contribution in [2.24, 2.45) is 0 Å². The summed E-state index contributed by atoms with van der Waals surface area (Å²) >= 11 is 3.26. The van der Waals surface area contributed by atoms with Crippen molar-refractivity contribution in [3.05, 3.63) is 40.2 Å². The molecule has 6 heteroatoms. The quantitative estimate of drug-likeness (QED) is 0.943. The molecule has 18 heavy (non-hydrogen) atoms. The van der Waals surface area contributed by atoms with E-state index in [1.807, 2.05) is 0 Å². The lowest BCUT2D eigenvalue weighted by molar-refractivity contribution is 0.394. The summed E-state index contributed by atoms with van der Waals surface area (Å²) in [4.78, 5) is 8.19. The van der Waals surface area contributed by atoms with E-state index in [9.17, 15) is 4.39 Å². The van der Waals surface area contributed by atoms with E-state index >= 15 is 0 Å². The molecular formula is C12H11BrFN3O. The predicted molar refractivity (Wildman–Crippen MR) is 70.7 cm³/mol. The van der Waals surface area contributed by atoms with Crippen LogP contribution in [0.5, 0.6) is 5.88 Å². The minimum atomic E-state index is -0.274. The number of benzene rings is 1. The zero-order valence-electron chi connectivity index (χ0n) is 9.87. The molecule has 2 aromatic rings. The number of hydrogen-bond donors (Lipinski definition) is 1. The Bertz CT molecular complexity index is 577. The van der Waals surface area contributed by atoms with Crippen LogP contribution in [0, 0.1) is 12.7 Å². The first kappa shape index (κ1) is 12.8. The molecule has 1 heterocycles. The second-order valence-electron chi connectivity index (χ2n) is 3.64. The summed E-state index contributed by atoms with van der Waals surface area (Å²) in [5, 5.41) is 2.91. The molecule has 0 radical (unpaired) electrons. The molecule has 0 amide bonds. The van der Waals surface area contributed by atoms with Crippen LogP contribution in [0.3, 0.4) is 0 Å². The number of nitrogens with zero attached hydrogens (tertiary/aromatic N) is 2. The molecule has 4 nitrogen and oxygen atoms in total. The fourth-order valence-corrected chi connectivity index (χ4v) is 1.71. The Hall–Kier alpha value is -1.69. The number of rotatable bonds is 3. The van der Waals surface area contributed by atoms with Gasteiger partial charge in [-0.3, -0.25) is 0 Å². The van der Waals surface area contributed by atoms with Crippen molar-refractivity contribution in [1.82, 2.24) is 9.97 Å². The smallest absolute Gasteiger partial charge is 0.232 e. The van der Waals surface area contributed by atoms with Crippen LogP contribution in [0.15, 0.2) is 28.9 Å². The Morgan fingerprint density at radius 3 is 2.83 bits per heavy atom. The number of halogens is 2. The van der Waals surface area contributed by atoms with Crippen LogP contribution in [-0.4, -0.2) is 17.1 Å². The molecule has 0 atom stereocenters. The van der Waals surface area contributed by atoms with Gasteiger partial charge in [-0.05, 0) is 40.5 Å². The highest BCUT2D eigenvalue weighted by atomic mass is 79.9. The molecule has 0 fully saturated rings. The maximum Gasteiger partial charge on any atom is 0.232 e. The third kappa shape index (κ3) is 2.76. The molecular weight excluding hydrogens is 301 g/mol. The van der Waals surface area contributed by atoms with E-state index in [0.29, 0.717) is 27.6 Å². The predicted octanol–water partition coefficient (Wildman–Crippen LogP) is 3.44. The van der Waals surface area contributed by atoms with Crippen molar-refractivity contribution in [3.63, 3.8) is 0 Å². The number of ether oxygens (including phenoxy) is 1. The Balaban J connectivity index is 2.25. The fraction of sp³-hybridized carbons (Fsp3) is 0.167. The largest absolute Gasteiger partial charge is 0.480 e. The molecule has 2 rings (SSSR count). The topological polar surface area (TPSA) is 47.0 Å². The van der Waals surface area contributed by atoms with E-state index in [0.717, 1.165) is 0 Å².